The lowest BCUT2D eigenvalue weighted by molar-refractivity contribution is 0.333. The van der Waals surface area contributed by atoms with E-state index in [0.717, 1.165) is 0 Å². The van der Waals surface area contributed by atoms with Crippen LogP contribution in [0.15, 0.2) is 64.9 Å². The monoisotopic (exact) mass is 423 g/mol. The average Bonchev–Trinajstić information content (AvgIpc) is 2.73. The standard InChI is InChI=1S/C22H21N3O4S/c1-3-25-17-11-7-5-9-14(17)20-21(30(25,26)27)19(16(13-23)22(24)29-20)15-10-6-8-12-18(15)28-4-2/h5-12,19H,3-4,24H2,1-2H3. The van der Waals surface area contributed by atoms with Crippen LogP contribution in [-0.4, -0.2) is 21.6 Å². The summed E-state index contributed by atoms with van der Waals surface area (Å²) in [4.78, 5) is 0.000882. The summed E-state index contributed by atoms with van der Waals surface area (Å²) < 4.78 is 40.3. The van der Waals surface area contributed by atoms with Crippen molar-refractivity contribution in [2.75, 3.05) is 17.5 Å². The van der Waals surface area contributed by atoms with Gasteiger partial charge in [-0.25, -0.2) is 8.42 Å². The predicted molar refractivity (Wildman–Crippen MR) is 114 cm³/mol. The van der Waals surface area contributed by atoms with Crippen molar-refractivity contribution in [2.24, 2.45) is 5.73 Å². The van der Waals surface area contributed by atoms with Crippen molar-refractivity contribution in [3.05, 3.63) is 76.0 Å². The van der Waals surface area contributed by atoms with Crippen LogP contribution in [0.4, 0.5) is 5.69 Å². The molecular formula is C22H21N3O4S. The minimum absolute atomic E-state index is 0.000882. The van der Waals surface area contributed by atoms with Crippen molar-refractivity contribution in [2.45, 2.75) is 19.8 Å². The summed E-state index contributed by atoms with van der Waals surface area (Å²) in [6, 6.07) is 16.2. The van der Waals surface area contributed by atoms with Crippen molar-refractivity contribution in [1.29, 1.82) is 5.26 Å². The lowest BCUT2D eigenvalue weighted by Gasteiger charge is -2.37. The molecule has 2 N–H and O–H groups in total. The van der Waals surface area contributed by atoms with E-state index in [1.807, 2.05) is 6.92 Å². The molecule has 154 valence electrons. The molecule has 1 unspecified atom stereocenters. The van der Waals surface area contributed by atoms with Gasteiger partial charge in [0.05, 0.1) is 18.2 Å². The fourth-order valence-corrected chi connectivity index (χ4v) is 5.89. The molecule has 30 heavy (non-hydrogen) atoms. The van der Waals surface area contributed by atoms with E-state index in [1.165, 1.54) is 4.31 Å². The van der Waals surface area contributed by atoms with Gasteiger partial charge in [-0.3, -0.25) is 4.31 Å². The number of para-hydroxylation sites is 2. The lowest BCUT2D eigenvalue weighted by atomic mass is 9.87. The Morgan fingerprint density at radius 2 is 1.87 bits per heavy atom. The Bertz CT molecular complexity index is 1220. The van der Waals surface area contributed by atoms with Crippen LogP contribution in [0.1, 0.15) is 30.9 Å². The Kier molecular flexibility index (Phi) is 4.92. The zero-order chi connectivity index (χ0) is 21.5. The second-order valence-electron chi connectivity index (χ2n) is 6.78. The molecule has 1 atom stereocenters. The number of hydrogen-bond donors (Lipinski definition) is 1. The molecule has 0 aliphatic carbocycles. The van der Waals surface area contributed by atoms with Crippen LogP contribution in [0.5, 0.6) is 5.75 Å². The number of rotatable bonds is 4. The maximum Gasteiger partial charge on any atom is 0.265 e. The number of ether oxygens (including phenoxy) is 2. The van der Waals surface area contributed by atoms with Crippen LogP contribution in [-0.2, 0) is 14.8 Å². The summed E-state index contributed by atoms with van der Waals surface area (Å²) in [6.07, 6.45) is 0. The van der Waals surface area contributed by atoms with Crippen LogP contribution in [0.3, 0.4) is 0 Å². The zero-order valence-corrected chi connectivity index (χ0v) is 17.4. The SMILES string of the molecule is CCOc1ccccc1C1C(C#N)=C(N)OC2=C1S(=O)(=O)N(CC)c1ccccc12. The highest BCUT2D eigenvalue weighted by Gasteiger charge is 2.47. The van der Waals surface area contributed by atoms with E-state index < -0.39 is 15.9 Å². The molecule has 2 aromatic rings. The summed E-state index contributed by atoms with van der Waals surface area (Å²) in [7, 11) is -3.99. The Labute approximate surface area is 175 Å². The fraction of sp³-hybridized carbons (Fsp3) is 0.227. The van der Waals surface area contributed by atoms with Crippen LogP contribution < -0.4 is 14.8 Å². The molecule has 0 spiro atoms. The average molecular weight is 423 g/mol. The van der Waals surface area contributed by atoms with Gasteiger partial charge in [0.1, 0.15) is 22.3 Å². The fourth-order valence-electron chi connectivity index (χ4n) is 3.97. The lowest BCUT2D eigenvalue weighted by Crippen LogP contribution is -2.39. The zero-order valence-electron chi connectivity index (χ0n) is 16.6. The maximum absolute atomic E-state index is 13.7. The Morgan fingerprint density at radius 3 is 2.57 bits per heavy atom. The van der Waals surface area contributed by atoms with Gasteiger partial charge in [-0.2, -0.15) is 5.26 Å². The normalized spacial score (nSPS) is 19.5. The first-order chi connectivity index (χ1) is 14.5. The molecule has 0 radical (unpaired) electrons. The van der Waals surface area contributed by atoms with Gasteiger partial charge in [-0.15, -0.1) is 0 Å². The highest BCUT2D eigenvalue weighted by molar-refractivity contribution is 7.97. The molecule has 8 heteroatoms. The smallest absolute Gasteiger partial charge is 0.265 e. The van der Waals surface area contributed by atoms with Gasteiger partial charge in [0.25, 0.3) is 10.0 Å². The van der Waals surface area contributed by atoms with Crippen molar-refractivity contribution in [3.8, 4) is 11.8 Å². The van der Waals surface area contributed by atoms with Crippen molar-refractivity contribution >= 4 is 21.5 Å². The second kappa shape index (κ2) is 7.43. The topological polar surface area (TPSA) is 106 Å². The van der Waals surface area contributed by atoms with Crippen LogP contribution >= 0.6 is 0 Å². The van der Waals surface area contributed by atoms with Crippen molar-refractivity contribution in [1.82, 2.24) is 0 Å². The van der Waals surface area contributed by atoms with Gasteiger partial charge < -0.3 is 15.2 Å². The number of sulfonamides is 1. The summed E-state index contributed by atoms with van der Waals surface area (Å²) in [5.41, 5.74) is 7.84. The van der Waals surface area contributed by atoms with Gasteiger partial charge in [0.15, 0.2) is 5.76 Å². The first-order valence-electron chi connectivity index (χ1n) is 9.61. The van der Waals surface area contributed by atoms with E-state index in [1.54, 1.807) is 55.5 Å². The van der Waals surface area contributed by atoms with Crippen LogP contribution in [0, 0.1) is 11.3 Å². The largest absolute Gasteiger partial charge is 0.494 e. The molecule has 2 aliphatic rings. The molecule has 2 heterocycles. The Hall–Kier alpha value is -3.44. The first-order valence-corrected chi connectivity index (χ1v) is 11.0. The predicted octanol–water partition coefficient (Wildman–Crippen LogP) is 3.43. The quantitative estimate of drug-likeness (QED) is 0.808. The van der Waals surface area contributed by atoms with Crippen LogP contribution in [0.25, 0.3) is 5.76 Å². The highest BCUT2D eigenvalue weighted by Crippen LogP contribution is 2.52. The summed E-state index contributed by atoms with van der Waals surface area (Å²) >= 11 is 0. The number of benzene rings is 2. The minimum atomic E-state index is -3.99. The summed E-state index contributed by atoms with van der Waals surface area (Å²) in [5.74, 6) is -0.393. The molecule has 4 rings (SSSR count). The molecule has 0 aromatic heterocycles. The van der Waals surface area contributed by atoms with Gasteiger partial charge in [0.2, 0.25) is 5.88 Å². The van der Waals surface area contributed by atoms with E-state index in [4.69, 9.17) is 15.2 Å². The van der Waals surface area contributed by atoms with Crippen molar-refractivity contribution < 1.29 is 17.9 Å². The third-order valence-electron chi connectivity index (χ3n) is 5.18. The second-order valence-corrected chi connectivity index (χ2v) is 8.61. The molecule has 2 aliphatic heterocycles. The molecule has 2 aromatic carbocycles. The first kappa shape index (κ1) is 19.9. The molecule has 7 nitrogen and oxygen atoms in total. The van der Waals surface area contributed by atoms with Crippen molar-refractivity contribution in [3.63, 3.8) is 0 Å². The number of fused-ring (bicyclic) bond motifs is 2. The molecule has 0 fully saturated rings. The highest BCUT2D eigenvalue weighted by atomic mass is 32.2. The number of allylic oxidation sites excluding steroid dienone is 2. The number of nitrogens with two attached hydrogens (primary N) is 1. The Morgan fingerprint density at radius 1 is 1.17 bits per heavy atom. The third kappa shape index (κ3) is 2.82. The van der Waals surface area contributed by atoms with Gasteiger partial charge in [-0.1, -0.05) is 30.3 Å². The van der Waals surface area contributed by atoms with Crippen LogP contribution in [0.2, 0.25) is 0 Å². The van der Waals surface area contributed by atoms with E-state index in [2.05, 4.69) is 6.07 Å². The number of nitrogens with zero attached hydrogens (tertiary/aromatic N) is 2. The maximum atomic E-state index is 13.7. The molecule has 0 saturated heterocycles. The molecule has 0 bridgehead atoms. The van der Waals surface area contributed by atoms with E-state index in [0.29, 0.717) is 29.2 Å². The van der Waals surface area contributed by atoms with Gasteiger partial charge in [0, 0.05) is 17.7 Å². The Balaban J connectivity index is 2.08. The number of nitriles is 1. The summed E-state index contributed by atoms with van der Waals surface area (Å²) in [5, 5.41) is 9.85. The van der Waals surface area contributed by atoms with Gasteiger partial charge in [-0.05, 0) is 32.0 Å². The number of hydrogen-bond acceptors (Lipinski definition) is 6. The van der Waals surface area contributed by atoms with Gasteiger partial charge >= 0.3 is 0 Å². The third-order valence-corrected chi connectivity index (χ3v) is 7.19. The minimum Gasteiger partial charge on any atom is -0.494 e. The molecule has 0 amide bonds. The molecular weight excluding hydrogens is 402 g/mol. The number of anilines is 1. The van der Waals surface area contributed by atoms with E-state index in [-0.39, 0.29) is 28.7 Å². The van der Waals surface area contributed by atoms with E-state index in [9.17, 15) is 13.7 Å². The molecule has 0 saturated carbocycles. The summed E-state index contributed by atoms with van der Waals surface area (Å²) in [6.45, 7) is 4.23. The van der Waals surface area contributed by atoms with E-state index >= 15 is 0 Å².